The zero-order valence-electron chi connectivity index (χ0n) is 6.77. The lowest BCUT2D eigenvalue weighted by Gasteiger charge is -2.08. The minimum Gasteiger partial charge on any atom is -0.258 e. The van der Waals surface area contributed by atoms with Crippen molar-refractivity contribution >= 4 is 34.2 Å². The van der Waals surface area contributed by atoms with Gasteiger partial charge in [0.05, 0.1) is 32.3 Å². The van der Waals surface area contributed by atoms with Crippen molar-refractivity contribution in [1.82, 2.24) is 4.98 Å². The van der Waals surface area contributed by atoms with Gasteiger partial charge in [-0.05, 0) is 22.6 Å². The summed E-state index contributed by atoms with van der Waals surface area (Å²) in [4.78, 5) is 3.76. The zero-order chi connectivity index (χ0) is 10.7. The van der Waals surface area contributed by atoms with Gasteiger partial charge in [0.25, 0.3) is 6.43 Å². The summed E-state index contributed by atoms with van der Waals surface area (Å²) in [5, 5.41) is 8.39. The largest absolute Gasteiger partial charge is 0.267 e. The van der Waals surface area contributed by atoms with E-state index in [1.165, 1.54) is 6.20 Å². The predicted octanol–water partition coefficient (Wildman–Crippen LogP) is 3.34. The third kappa shape index (κ3) is 2.30. The molecule has 1 aromatic rings. The molecule has 0 aliphatic carbocycles. The summed E-state index contributed by atoms with van der Waals surface area (Å²) < 4.78 is 25.6. The van der Waals surface area contributed by atoms with E-state index in [2.05, 4.69) is 4.98 Å². The van der Waals surface area contributed by atoms with Crippen molar-refractivity contribution in [3.05, 3.63) is 26.0 Å². The fourth-order valence-corrected chi connectivity index (χ4v) is 1.62. The van der Waals surface area contributed by atoms with Crippen LogP contribution in [0.4, 0.5) is 8.78 Å². The standard InChI is InChI=1S/C8H4ClF2IN2/c9-7-4(12)3-14-5(1-2-13)6(7)8(10)11/h3,8H,1H2. The number of hydrogen-bond acceptors (Lipinski definition) is 2. The van der Waals surface area contributed by atoms with Crippen LogP contribution >= 0.6 is 34.2 Å². The molecule has 1 heterocycles. The third-order valence-corrected chi connectivity index (χ3v) is 3.10. The molecule has 0 radical (unpaired) electrons. The predicted molar refractivity (Wildman–Crippen MR) is 56.2 cm³/mol. The highest BCUT2D eigenvalue weighted by Gasteiger charge is 2.19. The molecule has 0 unspecified atom stereocenters. The molecule has 0 bridgehead atoms. The van der Waals surface area contributed by atoms with E-state index in [9.17, 15) is 8.78 Å². The van der Waals surface area contributed by atoms with Gasteiger partial charge in [-0.3, -0.25) is 4.98 Å². The molecule has 0 saturated heterocycles. The van der Waals surface area contributed by atoms with Crippen molar-refractivity contribution in [1.29, 1.82) is 5.26 Å². The molecule has 0 aliphatic heterocycles. The molecule has 0 amide bonds. The molecule has 0 fully saturated rings. The second kappa shape index (κ2) is 4.84. The normalized spacial score (nSPS) is 10.3. The molecule has 1 aromatic heterocycles. The van der Waals surface area contributed by atoms with Gasteiger partial charge in [-0.2, -0.15) is 5.26 Å². The van der Waals surface area contributed by atoms with Crippen molar-refractivity contribution < 1.29 is 8.78 Å². The van der Waals surface area contributed by atoms with Gasteiger partial charge in [-0.15, -0.1) is 0 Å². The number of nitriles is 1. The number of nitrogens with zero attached hydrogens (tertiary/aromatic N) is 2. The molecule has 0 N–H and O–H groups in total. The number of hydrogen-bond donors (Lipinski definition) is 0. The monoisotopic (exact) mass is 328 g/mol. The van der Waals surface area contributed by atoms with E-state index in [1.54, 1.807) is 6.07 Å². The second-order valence-electron chi connectivity index (χ2n) is 2.42. The maximum atomic E-state index is 12.6. The first-order chi connectivity index (χ1) is 6.57. The van der Waals surface area contributed by atoms with Crippen LogP contribution in [0.1, 0.15) is 17.7 Å². The number of pyridine rings is 1. The third-order valence-electron chi connectivity index (χ3n) is 1.56. The Bertz CT molecular complexity index is 390. The summed E-state index contributed by atoms with van der Waals surface area (Å²) in [6.45, 7) is 0. The Labute approximate surface area is 98.0 Å². The Hall–Kier alpha value is -0.480. The molecule has 0 atom stereocenters. The number of aromatic nitrogens is 1. The van der Waals surface area contributed by atoms with Crippen molar-refractivity contribution in [2.45, 2.75) is 12.8 Å². The van der Waals surface area contributed by atoms with Crippen LogP contribution in [0.2, 0.25) is 5.02 Å². The minimum absolute atomic E-state index is 0.0131. The number of halogens is 4. The lowest BCUT2D eigenvalue weighted by Crippen LogP contribution is -2.00. The van der Waals surface area contributed by atoms with Crippen LogP contribution in [0.5, 0.6) is 0 Å². The van der Waals surface area contributed by atoms with Crippen molar-refractivity contribution in [2.75, 3.05) is 0 Å². The fourth-order valence-electron chi connectivity index (χ4n) is 0.954. The lowest BCUT2D eigenvalue weighted by molar-refractivity contribution is 0.150. The first-order valence-corrected chi connectivity index (χ1v) is 5.01. The van der Waals surface area contributed by atoms with Gasteiger partial charge in [0.1, 0.15) is 0 Å². The van der Waals surface area contributed by atoms with E-state index in [-0.39, 0.29) is 22.7 Å². The van der Waals surface area contributed by atoms with Gasteiger partial charge < -0.3 is 0 Å². The maximum absolute atomic E-state index is 12.6. The molecular formula is C8H4ClF2IN2. The van der Waals surface area contributed by atoms with Gasteiger partial charge in [-0.25, -0.2) is 8.78 Å². The maximum Gasteiger partial charge on any atom is 0.267 e. The topological polar surface area (TPSA) is 36.7 Å². The molecule has 2 nitrogen and oxygen atoms in total. The molecule has 6 heteroatoms. The van der Waals surface area contributed by atoms with E-state index in [0.717, 1.165) is 0 Å². The SMILES string of the molecule is N#CCc1ncc(I)c(Cl)c1C(F)F. The highest BCUT2D eigenvalue weighted by atomic mass is 127. The fraction of sp³-hybridized carbons (Fsp3) is 0.250. The van der Waals surface area contributed by atoms with E-state index >= 15 is 0 Å². The van der Waals surface area contributed by atoms with Gasteiger partial charge >= 0.3 is 0 Å². The molecular weight excluding hydrogens is 324 g/mol. The highest BCUT2D eigenvalue weighted by molar-refractivity contribution is 14.1. The van der Waals surface area contributed by atoms with Crippen LogP contribution in [0, 0.1) is 14.9 Å². The van der Waals surface area contributed by atoms with Gasteiger partial charge in [0.2, 0.25) is 0 Å². The van der Waals surface area contributed by atoms with Crippen LogP contribution in [-0.4, -0.2) is 4.98 Å². The van der Waals surface area contributed by atoms with Gasteiger partial charge in [0.15, 0.2) is 0 Å². The smallest absolute Gasteiger partial charge is 0.258 e. The van der Waals surface area contributed by atoms with Crippen LogP contribution < -0.4 is 0 Å². The quantitative estimate of drug-likeness (QED) is 0.781. The number of alkyl halides is 2. The minimum atomic E-state index is -2.70. The van der Waals surface area contributed by atoms with Crippen molar-refractivity contribution in [2.24, 2.45) is 0 Å². The Morgan fingerprint density at radius 1 is 1.64 bits per heavy atom. The summed E-state index contributed by atoms with van der Waals surface area (Å²) >= 11 is 7.51. The average molecular weight is 328 g/mol. The molecule has 74 valence electrons. The Balaban J connectivity index is 3.31. The first-order valence-electron chi connectivity index (χ1n) is 3.55. The zero-order valence-corrected chi connectivity index (χ0v) is 9.68. The van der Waals surface area contributed by atoms with Crippen molar-refractivity contribution in [3.8, 4) is 6.07 Å². The van der Waals surface area contributed by atoms with Crippen LogP contribution in [-0.2, 0) is 6.42 Å². The lowest BCUT2D eigenvalue weighted by atomic mass is 10.1. The summed E-state index contributed by atoms with van der Waals surface area (Å²) in [6, 6.07) is 1.77. The molecule has 0 saturated carbocycles. The molecule has 14 heavy (non-hydrogen) atoms. The Kier molecular flexibility index (Phi) is 4.01. The van der Waals surface area contributed by atoms with Gasteiger partial charge in [0, 0.05) is 6.20 Å². The van der Waals surface area contributed by atoms with Crippen LogP contribution in [0.25, 0.3) is 0 Å². The summed E-state index contributed by atoms with van der Waals surface area (Å²) in [5.41, 5.74) is -0.284. The van der Waals surface area contributed by atoms with E-state index < -0.39 is 6.43 Å². The molecule has 0 spiro atoms. The first kappa shape index (κ1) is 11.6. The molecule has 1 rings (SSSR count). The second-order valence-corrected chi connectivity index (χ2v) is 3.96. The van der Waals surface area contributed by atoms with E-state index in [4.69, 9.17) is 16.9 Å². The Morgan fingerprint density at radius 2 is 2.29 bits per heavy atom. The summed E-state index contributed by atoms with van der Waals surface area (Å²) in [7, 11) is 0. The summed E-state index contributed by atoms with van der Waals surface area (Å²) in [6.07, 6.45) is -1.48. The Morgan fingerprint density at radius 3 is 2.79 bits per heavy atom. The molecule has 0 aromatic carbocycles. The molecule has 0 aliphatic rings. The van der Waals surface area contributed by atoms with E-state index in [0.29, 0.717) is 3.57 Å². The van der Waals surface area contributed by atoms with Crippen molar-refractivity contribution in [3.63, 3.8) is 0 Å². The van der Waals surface area contributed by atoms with Crippen LogP contribution in [0.15, 0.2) is 6.20 Å². The van der Waals surface area contributed by atoms with Crippen LogP contribution in [0.3, 0.4) is 0 Å². The summed E-state index contributed by atoms with van der Waals surface area (Å²) in [5.74, 6) is 0. The van der Waals surface area contributed by atoms with Gasteiger partial charge in [-0.1, -0.05) is 11.6 Å². The number of rotatable bonds is 2. The highest BCUT2D eigenvalue weighted by Crippen LogP contribution is 2.32. The van der Waals surface area contributed by atoms with E-state index in [1.807, 2.05) is 22.6 Å². The average Bonchev–Trinajstić information content (AvgIpc) is 2.11.